The fraction of sp³-hybridized carbons (Fsp3) is 0.500. The van der Waals surface area contributed by atoms with E-state index in [1.54, 1.807) is 0 Å². The Morgan fingerprint density at radius 3 is 2.48 bits per heavy atom. The van der Waals surface area contributed by atoms with Crippen LogP contribution in [0.4, 0.5) is 10.1 Å². The first-order valence-corrected chi connectivity index (χ1v) is 9.81. The molecule has 118 valence electrons. The number of sulfonamides is 1. The second-order valence-corrected chi connectivity index (χ2v) is 9.23. The van der Waals surface area contributed by atoms with Crippen LogP contribution in [0.25, 0.3) is 0 Å². The van der Waals surface area contributed by atoms with Crippen LogP contribution >= 0.6 is 0 Å². The van der Waals surface area contributed by atoms with Gasteiger partial charge in [-0.2, -0.15) is 0 Å². The third-order valence-corrected chi connectivity index (χ3v) is 7.08. The van der Waals surface area contributed by atoms with Crippen LogP contribution in [0.5, 0.6) is 0 Å². The molecular weight excluding hydrogens is 319 g/mol. The van der Waals surface area contributed by atoms with Crippen LogP contribution in [0.1, 0.15) is 18.4 Å². The van der Waals surface area contributed by atoms with Gasteiger partial charge in [-0.1, -0.05) is 6.07 Å². The van der Waals surface area contributed by atoms with Crippen molar-refractivity contribution >= 4 is 25.5 Å². The van der Waals surface area contributed by atoms with E-state index in [4.69, 9.17) is 5.73 Å². The number of hydrogen-bond donors (Lipinski definition) is 2. The van der Waals surface area contributed by atoms with Crippen molar-refractivity contribution in [1.29, 1.82) is 0 Å². The van der Waals surface area contributed by atoms with E-state index in [9.17, 15) is 21.2 Å². The van der Waals surface area contributed by atoms with Gasteiger partial charge < -0.3 is 5.73 Å². The normalized spacial score (nSPS) is 19.3. The standard InChI is InChI=1S/C12H17FN2O4S2/c13-11-2-1-3-12(10(11)8-14)15-21(18,19)9-4-6-20(16,17)7-5-9/h1-3,9,15H,4-8,14H2. The Hall–Kier alpha value is -1.19. The molecule has 0 radical (unpaired) electrons. The maximum atomic E-state index is 13.6. The van der Waals surface area contributed by atoms with Crippen LogP contribution in [0.2, 0.25) is 0 Å². The maximum absolute atomic E-state index is 13.6. The fourth-order valence-corrected chi connectivity index (χ4v) is 5.59. The van der Waals surface area contributed by atoms with E-state index in [0.29, 0.717) is 0 Å². The highest BCUT2D eigenvalue weighted by Crippen LogP contribution is 2.24. The number of hydrogen-bond acceptors (Lipinski definition) is 5. The molecule has 2 rings (SSSR count). The Morgan fingerprint density at radius 2 is 1.90 bits per heavy atom. The largest absolute Gasteiger partial charge is 0.326 e. The molecule has 0 unspecified atom stereocenters. The Morgan fingerprint density at radius 1 is 1.29 bits per heavy atom. The average molecular weight is 336 g/mol. The molecule has 1 saturated heterocycles. The summed E-state index contributed by atoms with van der Waals surface area (Å²) in [5, 5.41) is -0.796. The SMILES string of the molecule is NCc1c(F)cccc1NS(=O)(=O)C1CCS(=O)(=O)CC1. The van der Waals surface area contributed by atoms with Crippen molar-refractivity contribution in [2.45, 2.75) is 24.6 Å². The predicted molar refractivity (Wildman–Crippen MR) is 78.5 cm³/mol. The van der Waals surface area contributed by atoms with Crippen molar-refractivity contribution < 1.29 is 21.2 Å². The lowest BCUT2D eigenvalue weighted by Crippen LogP contribution is -2.36. The zero-order chi connectivity index (χ0) is 15.7. The summed E-state index contributed by atoms with van der Waals surface area (Å²) in [5.41, 5.74) is 5.62. The predicted octanol–water partition coefficient (Wildman–Crippen LogP) is 0.603. The van der Waals surface area contributed by atoms with Gasteiger partial charge >= 0.3 is 0 Å². The molecule has 0 bridgehead atoms. The minimum Gasteiger partial charge on any atom is -0.326 e. The van der Waals surface area contributed by atoms with Gasteiger partial charge in [0.05, 0.1) is 22.4 Å². The van der Waals surface area contributed by atoms with Gasteiger partial charge in [0.1, 0.15) is 15.7 Å². The Balaban J connectivity index is 2.21. The van der Waals surface area contributed by atoms with Crippen molar-refractivity contribution in [3.05, 3.63) is 29.6 Å². The molecule has 1 aliphatic heterocycles. The molecule has 0 saturated carbocycles. The van der Waals surface area contributed by atoms with Gasteiger partial charge in [0, 0.05) is 12.1 Å². The molecule has 0 aliphatic carbocycles. The number of nitrogens with two attached hydrogens (primary N) is 1. The van der Waals surface area contributed by atoms with Gasteiger partial charge in [-0.3, -0.25) is 4.72 Å². The molecule has 0 amide bonds. The molecule has 9 heteroatoms. The molecule has 0 spiro atoms. The Kier molecular flexibility index (Phi) is 4.54. The highest BCUT2D eigenvalue weighted by atomic mass is 32.2. The number of anilines is 1. The van der Waals surface area contributed by atoms with Gasteiger partial charge in [0.25, 0.3) is 0 Å². The monoisotopic (exact) mass is 336 g/mol. The minimum atomic E-state index is -3.77. The molecule has 3 N–H and O–H groups in total. The summed E-state index contributed by atoms with van der Waals surface area (Å²) < 4.78 is 63.2. The van der Waals surface area contributed by atoms with Crippen LogP contribution in [0.15, 0.2) is 18.2 Å². The van der Waals surface area contributed by atoms with E-state index < -0.39 is 30.9 Å². The molecule has 1 aliphatic rings. The van der Waals surface area contributed by atoms with E-state index in [1.807, 2.05) is 0 Å². The fourth-order valence-electron chi connectivity index (χ4n) is 2.28. The summed E-state index contributed by atoms with van der Waals surface area (Å²) in [6.45, 7) is -0.135. The maximum Gasteiger partial charge on any atom is 0.235 e. The highest BCUT2D eigenvalue weighted by Gasteiger charge is 2.33. The lowest BCUT2D eigenvalue weighted by Gasteiger charge is -2.23. The first-order valence-electron chi connectivity index (χ1n) is 6.45. The molecule has 0 aromatic heterocycles. The van der Waals surface area contributed by atoms with E-state index in [-0.39, 0.29) is 42.1 Å². The van der Waals surface area contributed by atoms with Gasteiger partial charge in [-0.05, 0) is 25.0 Å². The Labute approximate surface area is 123 Å². The van der Waals surface area contributed by atoms with Crippen molar-refractivity contribution in [3.8, 4) is 0 Å². The number of rotatable bonds is 4. The van der Waals surface area contributed by atoms with E-state index in [2.05, 4.69) is 4.72 Å². The summed E-state index contributed by atoms with van der Waals surface area (Å²) in [6.07, 6.45) is 0.0931. The minimum absolute atomic E-state index is 0.0466. The summed E-state index contributed by atoms with van der Waals surface area (Å²) in [4.78, 5) is 0. The van der Waals surface area contributed by atoms with Gasteiger partial charge in [-0.15, -0.1) is 0 Å². The molecule has 1 heterocycles. The van der Waals surface area contributed by atoms with Crippen molar-refractivity contribution in [1.82, 2.24) is 0 Å². The average Bonchev–Trinajstić information content (AvgIpc) is 2.38. The summed E-state index contributed by atoms with van der Waals surface area (Å²) in [5.74, 6) is -0.874. The summed E-state index contributed by atoms with van der Waals surface area (Å²) in [6, 6.07) is 4.02. The molecule has 1 aromatic rings. The van der Waals surface area contributed by atoms with Crippen LogP contribution in [0.3, 0.4) is 0 Å². The van der Waals surface area contributed by atoms with E-state index in [0.717, 1.165) is 0 Å². The van der Waals surface area contributed by atoms with Crippen LogP contribution in [0, 0.1) is 5.82 Å². The van der Waals surface area contributed by atoms with E-state index >= 15 is 0 Å². The second-order valence-electron chi connectivity index (χ2n) is 4.97. The number of nitrogens with one attached hydrogen (secondary N) is 1. The first-order chi connectivity index (χ1) is 9.75. The van der Waals surface area contributed by atoms with Crippen molar-refractivity contribution in [2.75, 3.05) is 16.2 Å². The highest BCUT2D eigenvalue weighted by molar-refractivity contribution is 7.94. The van der Waals surface area contributed by atoms with E-state index in [1.165, 1.54) is 18.2 Å². The summed E-state index contributed by atoms with van der Waals surface area (Å²) in [7, 11) is -6.91. The molecule has 1 aromatic carbocycles. The topological polar surface area (TPSA) is 106 Å². The number of halogens is 1. The van der Waals surface area contributed by atoms with Gasteiger partial charge in [-0.25, -0.2) is 21.2 Å². The molecule has 6 nitrogen and oxygen atoms in total. The third kappa shape index (κ3) is 3.72. The lowest BCUT2D eigenvalue weighted by molar-refractivity contribution is 0.555. The zero-order valence-corrected chi connectivity index (χ0v) is 12.9. The van der Waals surface area contributed by atoms with Gasteiger partial charge in [0.2, 0.25) is 10.0 Å². The number of benzene rings is 1. The zero-order valence-electron chi connectivity index (χ0n) is 11.2. The van der Waals surface area contributed by atoms with Crippen molar-refractivity contribution in [3.63, 3.8) is 0 Å². The van der Waals surface area contributed by atoms with Crippen LogP contribution in [-0.4, -0.2) is 33.6 Å². The Bertz CT molecular complexity index is 718. The quantitative estimate of drug-likeness (QED) is 0.837. The molecule has 0 atom stereocenters. The molecule has 1 fully saturated rings. The first kappa shape index (κ1) is 16.2. The van der Waals surface area contributed by atoms with Crippen molar-refractivity contribution in [2.24, 2.45) is 5.73 Å². The second kappa shape index (κ2) is 5.90. The smallest absolute Gasteiger partial charge is 0.235 e. The van der Waals surface area contributed by atoms with Gasteiger partial charge in [0.15, 0.2) is 0 Å². The number of sulfone groups is 1. The lowest BCUT2D eigenvalue weighted by atomic mass is 10.2. The molecular formula is C12H17FN2O4S2. The van der Waals surface area contributed by atoms with Crippen LogP contribution < -0.4 is 10.5 Å². The summed E-state index contributed by atoms with van der Waals surface area (Å²) >= 11 is 0. The third-order valence-electron chi connectivity index (χ3n) is 3.52. The van der Waals surface area contributed by atoms with Crippen LogP contribution in [-0.2, 0) is 26.4 Å². The molecule has 21 heavy (non-hydrogen) atoms.